The van der Waals surface area contributed by atoms with E-state index in [0.717, 1.165) is 0 Å². The average Bonchev–Trinajstić information content (AvgIpc) is 2.55. The lowest BCUT2D eigenvalue weighted by atomic mass is 10.0. The van der Waals surface area contributed by atoms with Gasteiger partial charge in [0.05, 0.1) is 0 Å². The summed E-state index contributed by atoms with van der Waals surface area (Å²) in [5, 5.41) is 3.56. The molecule has 2 heteroatoms. The summed E-state index contributed by atoms with van der Waals surface area (Å²) in [5.74, 6) is 0. The van der Waals surface area contributed by atoms with E-state index in [1.54, 1.807) is 0 Å². The Morgan fingerprint density at radius 1 is 1.06 bits per heavy atom. The molecule has 0 spiro atoms. The number of hydrogen-bond donors (Lipinski definition) is 1. The first kappa shape index (κ1) is 16.0. The van der Waals surface area contributed by atoms with Crippen molar-refractivity contribution in [2.45, 2.75) is 84.2 Å². The van der Waals surface area contributed by atoms with E-state index in [2.05, 4.69) is 44.8 Å². The Balaban J connectivity index is 1.96. The van der Waals surface area contributed by atoms with E-state index >= 15 is 0 Å². The Morgan fingerprint density at radius 3 is 2.28 bits per heavy atom. The molecule has 1 aliphatic rings. The van der Waals surface area contributed by atoms with Crippen LogP contribution in [0, 0.1) is 0 Å². The van der Waals surface area contributed by atoms with Crippen LogP contribution in [0.3, 0.4) is 0 Å². The Kier molecular flexibility index (Phi) is 6.13. The maximum atomic E-state index is 3.56. The summed E-state index contributed by atoms with van der Waals surface area (Å²) in [6.45, 7) is 15.3. The number of likely N-dealkylation sites (tertiary alicyclic amines) is 1. The number of nitrogens with zero attached hydrogens (tertiary/aromatic N) is 1. The van der Waals surface area contributed by atoms with Gasteiger partial charge in [-0.25, -0.2) is 0 Å². The number of rotatable bonds is 7. The van der Waals surface area contributed by atoms with Crippen LogP contribution in [-0.4, -0.2) is 35.6 Å². The molecule has 0 unspecified atom stereocenters. The van der Waals surface area contributed by atoms with Crippen LogP contribution in [0.4, 0.5) is 0 Å². The van der Waals surface area contributed by atoms with Gasteiger partial charge >= 0.3 is 0 Å². The minimum Gasteiger partial charge on any atom is -0.312 e. The fourth-order valence-electron chi connectivity index (χ4n) is 2.82. The predicted octanol–water partition coefficient (Wildman–Crippen LogP) is 3.81. The molecule has 1 rings (SSSR count). The van der Waals surface area contributed by atoms with Crippen molar-refractivity contribution in [3.63, 3.8) is 0 Å². The van der Waals surface area contributed by atoms with Gasteiger partial charge in [0.2, 0.25) is 0 Å². The van der Waals surface area contributed by atoms with Crippen molar-refractivity contribution in [1.29, 1.82) is 0 Å². The van der Waals surface area contributed by atoms with Gasteiger partial charge in [0.25, 0.3) is 0 Å². The minimum absolute atomic E-state index is 0.277. The highest BCUT2D eigenvalue weighted by atomic mass is 15.2. The maximum absolute atomic E-state index is 3.56. The van der Waals surface area contributed by atoms with Crippen LogP contribution in [0.15, 0.2) is 0 Å². The maximum Gasteiger partial charge on any atom is 0.0153 e. The summed E-state index contributed by atoms with van der Waals surface area (Å²) in [5.41, 5.74) is 0.743. The molecule has 0 saturated carbocycles. The first-order chi connectivity index (χ1) is 8.31. The van der Waals surface area contributed by atoms with Crippen molar-refractivity contribution in [3.8, 4) is 0 Å². The molecular weight excluding hydrogens is 220 g/mol. The van der Waals surface area contributed by atoms with Crippen molar-refractivity contribution in [2.75, 3.05) is 19.6 Å². The van der Waals surface area contributed by atoms with Crippen molar-refractivity contribution in [2.24, 2.45) is 0 Å². The molecule has 1 fully saturated rings. The molecule has 1 aliphatic heterocycles. The zero-order valence-electron chi connectivity index (χ0n) is 13.3. The molecule has 0 atom stereocenters. The summed E-state index contributed by atoms with van der Waals surface area (Å²) in [7, 11) is 0. The van der Waals surface area contributed by atoms with Crippen LogP contribution in [-0.2, 0) is 0 Å². The van der Waals surface area contributed by atoms with Crippen LogP contribution in [0.5, 0.6) is 0 Å². The molecule has 1 saturated heterocycles. The van der Waals surface area contributed by atoms with Crippen LogP contribution in [0.25, 0.3) is 0 Å². The quantitative estimate of drug-likeness (QED) is 0.695. The van der Waals surface area contributed by atoms with Crippen molar-refractivity contribution < 1.29 is 0 Å². The zero-order chi connectivity index (χ0) is 13.6. The predicted molar refractivity (Wildman–Crippen MR) is 81.1 cm³/mol. The highest BCUT2D eigenvalue weighted by molar-refractivity contribution is 4.87. The molecule has 18 heavy (non-hydrogen) atoms. The monoisotopic (exact) mass is 254 g/mol. The topological polar surface area (TPSA) is 15.3 Å². The molecule has 0 radical (unpaired) electrons. The molecule has 0 aromatic heterocycles. The molecule has 2 nitrogen and oxygen atoms in total. The van der Waals surface area contributed by atoms with Gasteiger partial charge in [0, 0.05) is 11.1 Å². The molecule has 1 N–H and O–H groups in total. The SMILES string of the molecule is CC(C)(C)NCCCCCCN1CCCC1(C)C. The lowest BCUT2D eigenvalue weighted by Gasteiger charge is -2.31. The Labute approximate surface area is 115 Å². The van der Waals surface area contributed by atoms with Gasteiger partial charge in [-0.1, -0.05) is 12.8 Å². The second-order valence-electron chi connectivity index (χ2n) is 7.49. The van der Waals surface area contributed by atoms with E-state index in [4.69, 9.17) is 0 Å². The van der Waals surface area contributed by atoms with E-state index < -0.39 is 0 Å². The lowest BCUT2D eigenvalue weighted by Crippen LogP contribution is -2.38. The number of nitrogens with one attached hydrogen (secondary N) is 1. The molecular formula is C16H34N2. The fourth-order valence-corrected chi connectivity index (χ4v) is 2.82. The minimum atomic E-state index is 0.277. The standard InChI is InChI=1S/C16H34N2/c1-15(2,3)17-12-8-6-7-9-13-18-14-10-11-16(18,4)5/h17H,6-14H2,1-5H3. The normalized spacial score (nSPS) is 20.5. The van der Waals surface area contributed by atoms with E-state index in [0.29, 0.717) is 5.54 Å². The van der Waals surface area contributed by atoms with Crippen LogP contribution >= 0.6 is 0 Å². The number of unbranched alkanes of at least 4 members (excludes halogenated alkanes) is 3. The van der Waals surface area contributed by atoms with Crippen LogP contribution < -0.4 is 5.32 Å². The summed E-state index contributed by atoms with van der Waals surface area (Å²) >= 11 is 0. The molecule has 1 heterocycles. The lowest BCUT2D eigenvalue weighted by molar-refractivity contribution is 0.171. The van der Waals surface area contributed by atoms with E-state index in [1.165, 1.54) is 58.2 Å². The first-order valence-corrected chi connectivity index (χ1v) is 7.81. The van der Waals surface area contributed by atoms with Crippen LogP contribution in [0.2, 0.25) is 0 Å². The summed E-state index contributed by atoms with van der Waals surface area (Å²) in [4.78, 5) is 2.68. The van der Waals surface area contributed by atoms with E-state index in [-0.39, 0.29) is 5.54 Å². The van der Waals surface area contributed by atoms with E-state index in [1.807, 2.05) is 0 Å². The van der Waals surface area contributed by atoms with Crippen molar-refractivity contribution in [3.05, 3.63) is 0 Å². The Morgan fingerprint density at radius 2 is 1.72 bits per heavy atom. The second-order valence-corrected chi connectivity index (χ2v) is 7.49. The second kappa shape index (κ2) is 6.91. The number of hydrogen-bond acceptors (Lipinski definition) is 2. The van der Waals surface area contributed by atoms with E-state index in [9.17, 15) is 0 Å². The molecule has 0 amide bonds. The van der Waals surface area contributed by atoms with Crippen molar-refractivity contribution in [1.82, 2.24) is 10.2 Å². The summed E-state index contributed by atoms with van der Waals surface area (Å²) < 4.78 is 0. The fraction of sp³-hybridized carbons (Fsp3) is 1.00. The van der Waals surface area contributed by atoms with Gasteiger partial charge in [-0.2, -0.15) is 0 Å². The van der Waals surface area contributed by atoms with Gasteiger partial charge in [-0.05, 0) is 79.9 Å². The molecule has 0 bridgehead atoms. The van der Waals surface area contributed by atoms with Crippen LogP contribution in [0.1, 0.15) is 73.1 Å². The van der Waals surface area contributed by atoms with Gasteiger partial charge < -0.3 is 5.32 Å². The van der Waals surface area contributed by atoms with Gasteiger partial charge in [-0.3, -0.25) is 4.90 Å². The van der Waals surface area contributed by atoms with Crippen molar-refractivity contribution >= 4 is 0 Å². The third kappa shape index (κ3) is 6.19. The molecule has 0 aliphatic carbocycles. The molecule has 0 aromatic carbocycles. The third-order valence-corrected chi connectivity index (χ3v) is 4.08. The van der Waals surface area contributed by atoms with Gasteiger partial charge in [0.1, 0.15) is 0 Å². The molecule has 0 aromatic rings. The smallest absolute Gasteiger partial charge is 0.0153 e. The first-order valence-electron chi connectivity index (χ1n) is 7.81. The van der Waals surface area contributed by atoms with Gasteiger partial charge in [-0.15, -0.1) is 0 Å². The Bertz CT molecular complexity index is 228. The third-order valence-electron chi connectivity index (χ3n) is 4.08. The average molecular weight is 254 g/mol. The van der Waals surface area contributed by atoms with Gasteiger partial charge in [0.15, 0.2) is 0 Å². The largest absolute Gasteiger partial charge is 0.312 e. The zero-order valence-corrected chi connectivity index (χ0v) is 13.3. The highest BCUT2D eigenvalue weighted by Gasteiger charge is 2.30. The molecule has 108 valence electrons. The summed E-state index contributed by atoms with van der Waals surface area (Å²) in [6.07, 6.45) is 8.22. The summed E-state index contributed by atoms with van der Waals surface area (Å²) in [6, 6.07) is 0. The Hall–Kier alpha value is -0.0800. The highest BCUT2D eigenvalue weighted by Crippen LogP contribution is 2.28.